The summed E-state index contributed by atoms with van der Waals surface area (Å²) in [6.07, 6.45) is 5.47. The number of rotatable bonds is 5. The summed E-state index contributed by atoms with van der Waals surface area (Å²) in [6, 6.07) is 7.58. The van der Waals surface area contributed by atoms with E-state index >= 15 is 0 Å². The average Bonchev–Trinajstić information content (AvgIpc) is 2.87. The van der Waals surface area contributed by atoms with Crippen molar-refractivity contribution in [3.05, 3.63) is 34.9 Å². The topological polar surface area (TPSA) is 3.24 Å². The standard InChI is InChI=1S/C16H24ClN/c1-13-7-8-15(11-14(13)2)12-18(10-9-17)16-5-3-4-6-16/h7-8,11,16H,3-6,9-10,12H2,1-2H3. The number of hydrogen-bond donors (Lipinski definition) is 0. The summed E-state index contributed by atoms with van der Waals surface area (Å²) in [5, 5.41) is 0. The van der Waals surface area contributed by atoms with Crippen molar-refractivity contribution in [3.63, 3.8) is 0 Å². The second-order valence-electron chi connectivity index (χ2n) is 5.52. The summed E-state index contributed by atoms with van der Waals surface area (Å²) in [4.78, 5) is 2.57. The molecule has 0 aliphatic heterocycles. The van der Waals surface area contributed by atoms with Gasteiger partial charge in [-0.25, -0.2) is 0 Å². The highest BCUT2D eigenvalue weighted by molar-refractivity contribution is 6.18. The Morgan fingerprint density at radius 2 is 1.89 bits per heavy atom. The number of aryl methyl sites for hydroxylation is 2. The third kappa shape index (κ3) is 3.49. The second-order valence-corrected chi connectivity index (χ2v) is 5.89. The van der Waals surface area contributed by atoms with Gasteiger partial charge in [0.05, 0.1) is 0 Å². The van der Waals surface area contributed by atoms with Crippen LogP contribution < -0.4 is 0 Å². The van der Waals surface area contributed by atoms with Crippen LogP contribution in [0, 0.1) is 13.8 Å². The third-order valence-electron chi connectivity index (χ3n) is 4.17. The first-order valence-electron chi connectivity index (χ1n) is 7.07. The van der Waals surface area contributed by atoms with Gasteiger partial charge in [0, 0.05) is 25.0 Å². The predicted molar refractivity (Wildman–Crippen MR) is 79.3 cm³/mol. The van der Waals surface area contributed by atoms with Crippen molar-refractivity contribution in [1.82, 2.24) is 4.90 Å². The van der Waals surface area contributed by atoms with E-state index in [0.717, 1.165) is 25.0 Å². The molecule has 100 valence electrons. The van der Waals surface area contributed by atoms with Crippen molar-refractivity contribution in [2.45, 2.75) is 52.1 Å². The fourth-order valence-electron chi connectivity index (χ4n) is 2.91. The van der Waals surface area contributed by atoms with Crippen molar-refractivity contribution >= 4 is 11.6 Å². The molecule has 1 aromatic rings. The van der Waals surface area contributed by atoms with Gasteiger partial charge in [0.25, 0.3) is 0 Å². The van der Waals surface area contributed by atoms with Crippen molar-refractivity contribution in [1.29, 1.82) is 0 Å². The fraction of sp³-hybridized carbons (Fsp3) is 0.625. The van der Waals surface area contributed by atoms with E-state index in [-0.39, 0.29) is 0 Å². The Morgan fingerprint density at radius 1 is 1.17 bits per heavy atom. The molecule has 0 atom stereocenters. The zero-order valence-electron chi connectivity index (χ0n) is 11.6. The normalized spacial score (nSPS) is 16.7. The smallest absolute Gasteiger partial charge is 0.0351 e. The predicted octanol–water partition coefficient (Wildman–Crippen LogP) is 4.29. The highest BCUT2D eigenvalue weighted by Gasteiger charge is 2.22. The van der Waals surface area contributed by atoms with E-state index in [0.29, 0.717) is 0 Å². The van der Waals surface area contributed by atoms with Crippen LogP contribution in [0.2, 0.25) is 0 Å². The van der Waals surface area contributed by atoms with Crippen molar-refractivity contribution in [2.24, 2.45) is 0 Å². The lowest BCUT2D eigenvalue weighted by atomic mass is 10.1. The van der Waals surface area contributed by atoms with Gasteiger partial charge in [-0.1, -0.05) is 31.0 Å². The zero-order valence-corrected chi connectivity index (χ0v) is 12.3. The molecule has 1 nitrogen and oxygen atoms in total. The first-order valence-corrected chi connectivity index (χ1v) is 7.60. The van der Waals surface area contributed by atoms with Gasteiger partial charge in [-0.05, 0) is 43.4 Å². The zero-order chi connectivity index (χ0) is 13.0. The number of nitrogens with zero attached hydrogens (tertiary/aromatic N) is 1. The molecular weight excluding hydrogens is 242 g/mol. The molecule has 0 saturated heterocycles. The third-order valence-corrected chi connectivity index (χ3v) is 4.34. The molecule has 0 amide bonds. The van der Waals surface area contributed by atoms with Gasteiger partial charge in [0.1, 0.15) is 0 Å². The number of benzene rings is 1. The van der Waals surface area contributed by atoms with Crippen LogP contribution in [0.15, 0.2) is 18.2 Å². The van der Waals surface area contributed by atoms with Crippen molar-refractivity contribution in [2.75, 3.05) is 12.4 Å². The van der Waals surface area contributed by atoms with Crippen LogP contribution in [0.25, 0.3) is 0 Å². The van der Waals surface area contributed by atoms with Crippen LogP contribution in [0.5, 0.6) is 0 Å². The van der Waals surface area contributed by atoms with E-state index in [1.165, 1.54) is 42.4 Å². The molecule has 0 aromatic heterocycles. The van der Waals surface area contributed by atoms with Crippen LogP contribution in [0.4, 0.5) is 0 Å². The van der Waals surface area contributed by atoms with Gasteiger partial charge < -0.3 is 0 Å². The van der Waals surface area contributed by atoms with E-state index in [9.17, 15) is 0 Å². The minimum atomic E-state index is 0.737. The molecule has 0 radical (unpaired) electrons. The molecule has 18 heavy (non-hydrogen) atoms. The Hall–Kier alpha value is -0.530. The first-order chi connectivity index (χ1) is 8.70. The molecule has 1 aromatic carbocycles. The SMILES string of the molecule is Cc1ccc(CN(CCCl)C2CCCC2)cc1C. The van der Waals surface area contributed by atoms with E-state index in [1.807, 2.05) is 0 Å². The molecule has 2 rings (SSSR count). The van der Waals surface area contributed by atoms with Crippen LogP contribution in [0.3, 0.4) is 0 Å². The van der Waals surface area contributed by atoms with Gasteiger partial charge in [-0.2, -0.15) is 0 Å². The highest BCUT2D eigenvalue weighted by atomic mass is 35.5. The Bertz CT molecular complexity index is 383. The first kappa shape index (κ1) is 13.9. The molecular formula is C16H24ClN. The summed E-state index contributed by atoms with van der Waals surface area (Å²) >= 11 is 5.96. The van der Waals surface area contributed by atoms with Gasteiger partial charge in [-0.3, -0.25) is 4.90 Å². The molecule has 0 spiro atoms. The number of hydrogen-bond acceptors (Lipinski definition) is 1. The lowest BCUT2D eigenvalue weighted by molar-refractivity contribution is 0.201. The Morgan fingerprint density at radius 3 is 2.50 bits per heavy atom. The molecule has 2 heteroatoms. The summed E-state index contributed by atoms with van der Waals surface area (Å²) in [5.41, 5.74) is 4.20. The van der Waals surface area contributed by atoms with E-state index < -0.39 is 0 Å². The maximum atomic E-state index is 5.96. The molecule has 0 heterocycles. The highest BCUT2D eigenvalue weighted by Crippen LogP contribution is 2.25. The van der Waals surface area contributed by atoms with Gasteiger partial charge in [0.2, 0.25) is 0 Å². The van der Waals surface area contributed by atoms with E-state index in [1.54, 1.807) is 0 Å². The average molecular weight is 266 g/mol. The lowest BCUT2D eigenvalue weighted by Gasteiger charge is -2.28. The molecule has 0 unspecified atom stereocenters. The second kappa shape index (κ2) is 6.58. The summed E-state index contributed by atoms with van der Waals surface area (Å²) in [6.45, 7) is 6.44. The van der Waals surface area contributed by atoms with Crippen LogP contribution >= 0.6 is 11.6 Å². The Labute approximate surface area is 116 Å². The Kier molecular flexibility index (Phi) is 5.08. The molecule has 1 fully saturated rings. The summed E-state index contributed by atoms with van der Waals surface area (Å²) in [5.74, 6) is 0.737. The van der Waals surface area contributed by atoms with Crippen LogP contribution in [-0.2, 0) is 6.54 Å². The number of halogens is 1. The fourth-order valence-corrected chi connectivity index (χ4v) is 3.12. The van der Waals surface area contributed by atoms with E-state index in [4.69, 9.17) is 11.6 Å². The maximum Gasteiger partial charge on any atom is 0.0351 e. The van der Waals surface area contributed by atoms with Gasteiger partial charge in [0.15, 0.2) is 0 Å². The van der Waals surface area contributed by atoms with Crippen LogP contribution in [0.1, 0.15) is 42.4 Å². The quantitative estimate of drug-likeness (QED) is 0.718. The van der Waals surface area contributed by atoms with Gasteiger partial charge in [-0.15, -0.1) is 11.6 Å². The molecule has 1 saturated carbocycles. The molecule has 1 aliphatic carbocycles. The maximum absolute atomic E-state index is 5.96. The molecule has 0 bridgehead atoms. The summed E-state index contributed by atoms with van der Waals surface area (Å²) in [7, 11) is 0. The minimum Gasteiger partial charge on any atom is -0.295 e. The van der Waals surface area contributed by atoms with Crippen LogP contribution in [-0.4, -0.2) is 23.4 Å². The minimum absolute atomic E-state index is 0.737. The monoisotopic (exact) mass is 265 g/mol. The van der Waals surface area contributed by atoms with Crippen molar-refractivity contribution < 1.29 is 0 Å². The largest absolute Gasteiger partial charge is 0.295 e. The van der Waals surface area contributed by atoms with E-state index in [2.05, 4.69) is 36.9 Å². The number of alkyl halides is 1. The van der Waals surface area contributed by atoms with Crippen molar-refractivity contribution in [3.8, 4) is 0 Å². The van der Waals surface area contributed by atoms with Gasteiger partial charge >= 0.3 is 0 Å². The molecule has 0 N–H and O–H groups in total. The lowest BCUT2D eigenvalue weighted by Crippen LogP contribution is -2.34. The summed E-state index contributed by atoms with van der Waals surface area (Å²) < 4.78 is 0. The Balaban J connectivity index is 2.04. The molecule has 1 aliphatic rings.